The van der Waals surface area contributed by atoms with E-state index < -0.39 is 0 Å². The lowest BCUT2D eigenvalue weighted by Gasteiger charge is -2.10. The summed E-state index contributed by atoms with van der Waals surface area (Å²) in [5.74, 6) is 0.298. The van der Waals surface area contributed by atoms with E-state index in [2.05, 4.69) is 10.4 Å². The zero-order valence-electron chi connectivity index (χ0n) is 15.1. The van der Waals surface area contributed by atoms with Crippen LogP contribution in [0.3, 0.4) is 0 Å². The van der Waals surface area contributed by atoms with Crippen molar-refractivity contribution in [3.05, 3.63) is 79.9 Å². The highest BCUT2D eigenvalue weighted by molar-refractivity contribution is 7.14. The molecule has 0 atom stereocenters. The van der Waals surface area contributed by atoms with Crippen molar-refractivity contribution in [3.8, 4) is 5.75 Å². The normalized spacial score (nSPS) is 12.7. The van der Waals surface area contributed by atoms with Crippen LogP contribution in [-0.2, 0) is 26.1 Å². The summed E-state index contributed by atoms with van der Waals surface area (Å²) in [4.78, 5) is 26.7. The Bertz CT molecular complexity index is 994. The standard InChI is InChI=1S/C20H19N3O3S.ClH/c24-17(19-8-15-10-21-7-6-18(15)27-19)12-23-20(25)9-16(11-22-23)26-13-14-4-2-1-3-5-14;/h1-5,8-9,11,21H,6-7,10,12-13H2;1H. The van der Waals surface area contributed by atoms with Crippen LogP contribution in [0.25, 0.3) is 0 Å². The Morgan fingerprint density at radius 3 is 2.82 bits per heavy atom. The van der Waals surface area contributed by atoms with Crippen molar-refractivity contribution < 1.29 is 9.53 Å². The molecule has 0 aliphatic carbocycles. The van der Waals surface area contributed by atoms with E-state index in [4.69, 9.17) is 4.74 Å². The van der Waals surface area contributed by atoms with E-state index in [0.717, 1.165) is 25.1 Å². The Morgan fingerprint density at radius 1 is 1.25 bits per heavy atom. The maximum Gasteiger partial charge on any atom is 0.270 e. The molecule has 1 aromatic carbocycles. The molecule has 8 heteroatoms. The molecule has 4 rings (SSSR count). The molecule has 0 spiro atoms. The number of fused-ring (bicyclic) bond motifs is 1. The molecule has 0 saturated heterocycles. The Labute approximate surface area is 172 Å². The average Bonchev–Trinajstić information content (AvgIpc) is 3.13. The Hall–Kier alpha value is -2.48. The second-order valence-electron chi connectivity index (χ2n) is 6.37. The first kappa shape index (κ1) is 20.3. The minimum atomic E-state index is -0.350. The van der Waals surface area contributed by atoms with Crippen molar-refractivity contribution in [2.45, 2.75) is 26.1 Å². The number of aromatic nitrogens is 2. The first-order chi connectivity index (χ1) is 13.2. The van der Waals surface area contributed by atoms with Gasteiger partial charge in [0.2, 0.25) is 0 Å². The monoisotopic (exact) mass is 417 g/mol. The molecule has 1 aliphatic rings. The van der Waals surface area contributed by atoms with Crippen molar-refractivity contribution in [2.24, 2.45) is 0 Å². The van der Waals surface area contributed by atoms with Crippen LogP contribution in [0.15, 0.2) is 53.5 Å². The van der Waals surface area contributed by atoms with Gasteiger partial charge in [0, 0.05) is 24.0 Å². The van der Waals surface area contributed by atoms with Crippen molar-refractivity contribution in [1.29, 1.82) is 0 Å². The zero-order valence-corrected chi connectivity index (χ0v) is 16.7. The summed E-state index contributed by atoms with van der Waals surface area (Å²) in [6, 6.07) is 13.0. The van der Waals surface area contributed by atoms with Gasteiger partial charge in [0.15, 0.2) is 5.78 Å². The highest BCUT2D eigenvalue weighted by Gasteiger charge is 2.18. The minimum absolute atomic E-state index is 0. The summed E-state index contributed by atoms with van der Waals surface area (Å²) >= 11 is 1.52. The topological polar surface area (TPSA) is 73.2 Å². The van der Waals surface area contributed by atoms with Crippen LogP contribution >= 0.6 is 23.7 Å². The largest absolute Gasteiger partial charge is 0.487 e. The van der Waals surface area contributed by atoms with Gasteiger partial charge in [-0.2, -0.15) is 5.10 Å². The molecule has 3 heterocycles. The van der Waals surface area contributed by atoms with Gasteiger partial charge in [-0.05, 0) is 23.6 Å². The average molecular weight is 418 g/mol. The van der Waals surface area contributed by atoms with Crippen molar-refractivity contribution >= 4 is 29.5 Å². The molecule has 146 valence electrons. The number of halogens is 1. The molecular weight excluding hydrogens is 398 g/mol. The number of hydrogen-bond donors (Lipinski definition) is 1. The number of benzene rings is 1. The van der Waals surface area contributed by atoms with Crippen molar-refractivity contribution in [3.63, 3.8) is 0 Å². The van der Waals surface area contributed by atoms with E-state index >= 15 is 0 Å². The molecule has 3 aromatic rings. The Kier molecular flexibility index (Phi) is 6.61. The van der Waals surface area contributed by atoms with E-state index in [1.165, 1.54) is 38.7 Å². The van der Waals surface area contributed by atoms with Gasteiger partial charge < -0.3 is 10.1 Å². The van der Waals surface area contributed by atoms with E-state index in [9.17, 15) is 9.59 Å². The third kappa shape index (κ3) is 4.67. The summed E-state index contributed by atoms with van der Waals surface area (Å²) in [7, 11) is 0. The van der Waals surface area contributed by atoms with Crippen LogP contribution in [0.5, 0.6) is 5.75 Å². The Balaban J connectivity index is 0.00000225. The number of nitrogens with one attached hydrogen (secondary N) is 1. The summed E-state index contributed by atoms with van der Waals surface area (Å²) in [6.07, 6.45) is 2.42. The second kappa shape index (κ2) is 9.14. The van der Waals surface area contributed by atoms with Gasteiger partial charge >= 0.3 is 0 Å². The van der Waals surface area contributed by atoms with E-state index in [1.807, 2.05) is 36.4 Å². The molecule has 0 amide bonds. The lowest BCUT2D eigenvalue weighted by Crippen LogP contribution is -2.25. The quantitative estimate of drug-likeness (QED) is 0.624. The van der Waals surface area contributed by atoms with Crippen molar-refractivity contribution in [2.75, 3.05) is 6.54 Å². The fourth-order valence-corrected chi connectivity index (χ4v) is 4.07. The van der Waals surface area contributed by atoms with Crippen LogP contribution in [0.2, 0.25) is 0 Å². The van der Waals surface area contributed by atoms with E-state index in [1.54, 1.807) is 0 Å². The predicted octanol–water partition coefficient (Wildman–Crippen LogP) is 2.83. The minimum Gasteiger partial charge on any atom is -0.487 e. The fourth-order valence-electron chi connectivity index (χ4n) is 2.96. The highest BCUT2D eigenvalue weighted by atomic mass is 35.5. The molecule has 1 N–H and O–H groups in total. The number of thiophene rings is 1. The first-order valence-electron chi connectivity index (χ1n) is 8.78. The summed E-state index contributed by atoms with van der Waals surface area (Å²) in [5.41, 5.74) is 1.84. The third-order valence-corrected chi connectivity index (χ3v) is 5.68. The van der Waals surface area contributed by atoms with Crippen molar-refractivity contribution in [1.82, 2.24) is 15.1 Å². The number of nitrogens with zero attached hydrogens (tertiary/aromatic N) is 2. The number of ketones is 1. The molecule has 0 fully saturated rings. The van der Waals surface area contributed by atoms with Crippen LogP contribution < -0.4 is 15.6 Å². The van der Waals surface area contributed by atoms with E-state index in [0.29, 0.717) is 17.2 Å². The third-order valence-electron chi connectivity index (χ3n) is 4.40. The number of carbonyl (C=O) groups is 1. The summed E-state index contributed by atoms with van der Waals surface area (Å²) in [5, 5.41) is 7.38. The van der Waals surface area contributed by atoms with Gasteiger partial charge in [0.25, 0.3) is 5.56 Å². The maximum absolute atomic E-state index is 12.5. The molecule has 0 saturated carbocycles. The number of ether oxygens (including phenoxy) is 1. The highest BCUT2D eigenvalue weighted by Crippen LogP contribution is 2.25. The molecule has 1 aliphatic heterocycles. The van der Waals surface area contributed by atoms with Gasteiger partial charge in [-0.15, -0.1) is 23.7 Å². The van der Waals surface area contributed by atoms with Gasteiger partial charge in [-0.25, -0.2) is 4.68 Å². The molecule has 6 nitrogen and oxygen atoms in total. The summed E-state index contributed by atoms with van der Waals surface area (Å²) < 4.78 is 6.78. The number of rotatable bonds is 6. The first-order valence-corrected chi connectivity index (χ1v) is 9.60. The van der Waals surface area contributed by atoms with Crippen LogP contribution in [0.4, 0.5) is 0 Å². The van der Waals surface area contributed by atoms with Gasteiger partial charge in [-0.3, -0.25) is 9.59 Å². The molecule has 2 aromatic heterocycles. The second-order valence-corrected chi connectivity index (χ2v) is 7.51. The number of carbonyl (C=O) groups excluding carboxylic acids is 1. The lowest BCUT2D eigenvalue weighted by molar-refractivity contribution is 0.0969. The van der Waals surface area contributed by atoms with Crippen LogP contribution in [0, 0.1) is 0 Å². The lowest BCUT2D eigenvalue weighted by atomic mass is 10.1. The predicted molar refractivity (Wildman–Crippen MR) is 111 cm³/mol. The van der Waals surface area contributed by atoms with Gasteiger partial charge in [-0.1, -0.05) is 30.3 Å². The van der Waals surface area contributed by atoms with Crippen LogP contribution in [-0.4, -0.2) is 22.1 Å². The number of Topliss-reactive ketones (excluding diaryl/α,β-unsaturated/α-hetero) is 1. The zero-order chi connectivity index (χ0) is 18.6. The Morgan fingerprint density at radius 2 is 2.07 bits per heavy atom. The maximum atomic E-state index is 12.5. The van der Waals surface area contributed by atoms with Crippen LogP contribution in [0.1, 0.15) is 25.7 Å². The number of hydrogen-bond acceptors (Lipinski definition) is 6. The molecular formula is C20H20ClN3O3S. The smallest absolute Gasteiger partial charge is 0.270 e. The molecule has 0 bridgehead atoms. The van der Waals surface area contributed by atoms with E-state index in [-0.39, 0.29) is 30.3 Å². The molecule has 0 radical (unpaired) electrons. The molecule has 0 unspecified atom stereocenters. The fraction of sp³-hybridized carbons (Fsp3) is 0.250. The SMILES string of the molecule is Cl.O=C(Cn1ncc(OCc2ccccc2)cc1=O)c1cc2c(s1)CCNC2. The van der Waals surface area contributed by atoms with Gasteiger partial charge in [0.1, 0.15) is 18.9 Å². The summed E-state index contributed by atoms with van der Waals surface area (Å²) in [6.45, 7) is 2.03. The van der Waals surface area contributed by atoms with Gasteiger partial charge in [0.05, 0.1) is 11.1 Å². The molecule has 28 heavy (non-hydrogen) atoms.